The number of hydrogen-bond donors (Lipinski definition) is 1. The van der Waals surface area contributed by atoms with Crippen LogP contribution >= 0.6 is 0 Å². The lowest BCUT2D eigenvalue weighted by atomic mass is 9.99. The molecule has 0 aliphatic rings. The summed E-state index contributed by atoms with van der Waals surface area (Å²) in [5, 5.41) is 0. The maximum atomic E-state index is 13.3. The summed E-state index contributed by atoms with van der Waals surface area (Å²) in [4.78, 5) is 0. The molecular weight excluding hydrogens is 191 g/mol. The Morgan fingerprint density at radius 2 is 1.79 bits per heavy atom. The number of halogens is 3. The molecule has 0 aromatic heterocycles. The van der Waals surface area contributed by atoms with Crippen LogP contribution in [0.3, 0.4) is 0 Å². The summed E-state index contributed by atoms with van der Waals surface area (Å²) in [6.07, 6.45) is -2.74. The van der Waals surface area contributed by atoms with Crippen LogP contribution < -0.4 is 5.73 Å². The summed E-state index contributed by atoms with van der Waals surface area (Å²) < 4.78 is 37.9. The molecule has 1 aromatic carbocycles. The summed E-state index contributed by atoms with van der Waals surface area (Å²) in [5.41, 5.74) is 6.27. The Hall–Kier alpha value is -1.03. The second kappa shape index (κ2) is 4.00. The summed E-state index contributed by atoms with van der Waals surface area (Å²) in [6, 6.07) is 1.31. The van der Waals surface area contributed by atoms with Crippen LogP contribution in [0.4, 0.5) is 13.2 Å². The van der Waals surface area contributed by atoms with Crippen LogP contribution in [0.25, 0.3) is 0 Å². The maximum absolute atomic E-state index is 13.3. The lowest BCUT2D eigenvalue weighted by Gasteiger charge is -2.15. The van der Waals surface area contributed by atoms with Crippen LogP contribution in [0.2, 0.25) is 0 Å². The first-order valence-corrected chi connectivity index (χ1v) is 4.24. The highest BCUT2D eigenvalue weighted by atomic mass is 19.3. The Morgan fingerprint density at radius 3 is 2.21 bits per heavy atom. The van der Waals surface area contributed by atoms with Gasteiger partial charge in [-0.25, -0.2) is 13.2 Å². The molecule has 0 saturated carbocycles. The van der Waals surface area contributed by atoms with Crippen LogP contribution in [0, 0.1) is 19.7 Å². The summed E-state index contributed by atoms with van der Waals surface area (Å²) in [5.74, 6) is -0.657. The molecule has 1 rings (SSSR count). The van der Waals surface area contributed by atoms with E-state index in [1.54, 1.807) is 19.9 Å². The normalized spacial score (nSPS) is 13.4. The lowest BCUT2D eigenvalue weighted by Crippen LogP contribution is -2.21. The monoisotopic (exact) mass is 203 g/mol. The van der Waals surface area contributed by atoms with Gasteiger partial charge in [0.2, 0.25) is 0 Å². The number of rotatable bonds is 2. The topological polar surface area (TPSA) is 26.0 Å². The van der Waals surface area contributed by atoms with Crippen molar-refractivity contribution in [1.29, 1.82) is 0 Å². The van der Waals surface area contributed by atoms with Gasteiger partial charge in [0, 0.05) is 5.56 Å². The third-order valence-corrected chi connectivity index (χ3v) is 2.09. The fourth-order valence-electron chi connectivity index (χ4n) is 1.48. The van der Waals surface area contributed by atoms with Crippen molar-refractivity contribution in [2.45, 2.75) is 26.3 Å². The molecule has 1 nitrogen and oxygen atoms in total. The third kappa shape index (κ3) is 2.07. The quantitative estimate of drug-likeness (QED) is 0.785. The zero-order valence-corrected chi connectivity index (χ0v) is 8.02. The summed E-state index contributed by atoms with van der Waals surface area (Å²) in [6.45, 7) is 3.28. The van der Waals surface area contributed by atoms with Gasteiger partial charge >= 0.3 is 0 Å². The zero-order valence-electron chi connectivity index (χ0n) is 8.02. The van der Waals surface area contributed by atoms with E-state index in [4.69, 9.17) is 5.73 Å². The number of aryl methyl sites for hydroxylation is 2. The Morgan fingerprint density at radius 1 is 1.21 bits per heavy atom. The van der Waals surface area contributed by atoms with E-state index in [1.807, 2.05) is 0 Å². The van der Waals surface area contributed by atoms with Crippen molar-refractivity contribution < 1.29 is 13.2 Å². The van der Waals surface area contributed by atoms with Gasteiger partial charge in [-0.2, -0.15) is 0 Å². The molecule has 14 heavy (non-hydrogen) atoms. The van der Waals surface area contributed by atoms with E-state index < -0.39 is 18.3 Å². The first kappa shape index (κ1) is 11.0. The Kier molecular flexibility index (Phi) is 3.16. The smallest absolute Gasteiger partial charge is 0.257 e. The Bertz CT molecular complexity index is 313. The highest BCUT2D eigenvalue weighted by Gasteiger charge is 2.22. The first-order valence-electron chi connectivity index (χ1n) is 4.24. The van der Waals surface area contributed by atoms with Crippen LogP contribution in [-0.4, -0.2) is 6.43 Å². The molecule has 1 atom stereocenters. The number of benzene rings is 1. The van der Waals surface area contributed by atoms with E-state index in [9.17, 15) is 13.2 Å². The molecule has 0 spiro atoms. The molecule has 0 heterocycles. The average molecular weight is 203 g/mol. The minimum absolute atomic E-state index is 0.0920. The van der Waals surface area contributed by atoms with E-state index >= 15 is 0 Å². The van der Waals surface area contributed by atoms with Crippen LogP contribution in [0.15, 0.2) is 12.1 Å². The first-order chi connectivity index (χ1) is 6.43. The second-order valence-corrected chi connectivity index (χ2v) is 3.34. The van der Waals surface area contributed by atoms with Crippen LogP contribution in [-0.2, 0) is 0 Å². The van der Waals surface area contributed by atoms with Gasteiger partial charge in [0.15, 0.2) is 0 Å². The number of hydrogen-bond acceptors (Lipinski definition) is 1. The van der Waals surface area contributed by atoms with Crippen LogP contribution in [0.1, 0.15) is 22.7 Å². The fourth-order valence-corrected chi connectivity index (χ4v) is 1.48. The van der Waals surface area contributed by atoms with E-state index in [0.717, 1.165) is 0 Å². The maximum Gasteiger partial charge on any atom is 0.257 e. The Labute approximate surface area is 80.7 Å². The van der Waals surface area contributed by atoms with Gasteiger partial charge < -0.3 is 5.73 Å². The van der Waals surface area contributed by atoms with Gasteiger partial charge in [0.05, 0.1) is 6.04 Å². The highest BCUT2D eigenvalue weighted by Crippen LogP contribution is 2.25. The molecule has 0 aliphatic carbocycles. The highest BCUT2D eigenvalue weighted by molar-refractivity contribution is 5.34. The second-order valence-electron chi connectivity index (χ2n) is 3.34. The van der Waals surface area contributed by atoms with Crippen molar-refractivity contribution in [2.75, 3.05) is 0 Å². The standard InChI is InChI=1S/C10H12F3N/c1-5-3-6(2)8(7(11)4-5)9(14)10(12)13/h3-4,9-10H,14H2,1-2H3. The van der Waals surface area contributed by atoms with Crippen molar-refractivity contribution in [3.63, 3.8) is 0 Å². The minimum Gasteiger partial charge on any atom is -0.319 e. The van der Waals surface area contributed by atoms with E-state index in [-0.39, 0.29) is 5.56 Å². The van der Waals surface area contributed by atoms with Gasteiger partial charge in [-0.1, -0.05) is 6.07 Å². The van der Waals surface area contributed by atoms with Gasteiger partial charge in [-0.15, -0.1) is 0 Å². The molecule has 0 aliphatic heterocycles. The van der Waals surface area contributed by atoms with Crippen molar-refractivity contribution in [2.24, 2.45) is 5.73 Å². The predicted octanol–water partition coefficient (Wildman–Crippen LogP) is 2.71. The average Bonchev–Trinajstić information content (AvgIpc) is 2.01. The molecule has 78 valence electrons. The molecule has 1 unspecified atom stereocenters. The minimum atomic E-state index is -2.74. The van der Waals surface area contributed by atoms with E-state index in [2.05, 4.69) is 0 Å². The van der Waals surface area contributed by atoms with Crippen molar-refractivity contribution in [1.82, 2.24) is 0 Å². The third-order valence-electron chi connectivity index (χ3n) is 2.09. The van der Waals surface area contributed by atoms with Gasteiger partial charge in [-0.3, -0.25) is 0 Å². The zero-order chi connectivity index (χ0) is 10.9. The summed E-state index contributed by atoms with van der Waals surface area (Å²) in [7, 11) is 0. The van der Waals surface area contributed by atoms with Gasteiger partial charge in [-0.05, 0) is 31.0 Å². The molecule has 0 bridgehead atoms. The largest absolute Gasteiger partial charge is 0.319 e. The van der Waals surface area contributed by atoms with Crippen molar-refractivity contribution >= 4 is 0 Å². The molecule has 0 fully saturated rings. The van der Waals surface area contributed by atoms with Crippen molar-refractivity contribution in [3.8, 4) is 0 Å². The lowest BCUT2D eigenvalue weighted by molar-refractivity contribution is 0.114. The molecule has 0 amide bonds. The predicted molar refractivity (Wildman–Crippen MR) is 48.8 cm³/mol. The molecule has 4 heteroatoms. The van der Waals surface area contributed by atoms with E-state index in [1.165, 1.54) is 6.07 Å². The van der Waals surface area contributed by atoms with Gasteiger partial charge in [0.1, 0.15) is 5.82 Å². The molecule has 0 saturated heterocycles. The van der Waals surface area contributed by atoms with Gasteiger partial charge in [0.25, 0.3) is 6.43 Å². The molecule has 0 radical (unpaired) electrons. The SMILES string of the molecule is Cc1cc(C)c(C(N)C(F)F)c(F)c1. The van der Waals surface area contributed by atoms with Crippen LogP contribution in [0.5, 0.6) is 0 Å². The molecular formula is C10H12F3N. The summed E-state index contributed by atoms with van der Waals surface area (Å²) >= 11 is 0. The number of alkyl halides is 2. The molecule has 1 aromatic rings. The van der Waals surface area contributed by atoms with E-state index in [0.29, 0.717) is 11.1 Å². The fraction of sp³-hybridized carbons (Fsp3) is 0.400. The van der Waals surface area contributed by atoms with Crippen molar-refractivity contribution in [3.05, 3.63) is 34.6 Å². The molecule has 2 N–H and O–H groups in total. The number of nitrogens with two attached hydrogens (primary N) is 1. The Balaban J connectivity index is 3.20.